The smallest absolute Gasteiger partial charge is 0.337 e. The molecule has 27 heavy (non-hydrogen) atoms. The number of aromatic amines is 1. The Morgan fingerprint density at radius 1 is 1.41 bits per heavy atom. The third-order valence-corrected chi connectivity index (χ3v) is 4.10. The molecule has 0 saturated carbocycles. The standard InChI is InChI=1S/C19H18FN3O4/c1-11(24)23-13-3-5-19(2,17(20)8-13)27-14-4-6-21-16(9-14)15-7-12(10-22-15)18(25)26/h3-4,6-10,22H,5H2,1-2H3,(H,23,24)(H,25,26). The maximum atomic E-state index is 14.6. The van der Waals surface area contributed by atoms with Crippen molar-refractivity contribution in [2.24, 2.45) is 0 Å². The zero-order valence-electron chi connectivity index (χ0n) is 14.7. The number of aromatic nitrogens is 2. The Morgan fingerprint density at radius 2 is 2.19 bits per heavy atom. The van der Waals surface area contributed by atoms with Crippen LogP contribution in [-0.2, 0) is 4.79 Å². The van der Waals surface area contributed by atoms with Crippen LogP contribution in [0.25, 0.3) is 11.4 Å². The van der Waals surface area contributed by atoms with E-state index < -0.39 is 17.4 Å². The second-order valence-corrected chi connectivity index (χ2v) is 6.35. The van der Waals surface area contributed by atoms with E-state index >= 15 is 0 Å². The summed E-state index contributed by atoms with van der Waals surface area (Å²) in [6, 6.07) is 4.65. The fourth-order valence-corrected chi connectivity index (χ4v) is 2.68. The number of hydrogen-bond donors (Lipinski definition) is 3. The molecule has 2 heterocycles. The lowest BCUT2D eigenvalue weighted by molar-refractivity contribution is -0.118. The molecular weight excluding hydrogens is 353 g/mol. The largest absolute Gasteiger partial charge is 0.480 e. The van der Waals surface area contributed by atoms with Crippen molar-refractivity contribution in [3.8, 4) is 17.1 Å². The molecule has 1 unspecified atom stereocenters. The van der Waals surface area contributed by atoms with Crippen molar-refractivity contribution in [2.45, 2.75) is 25.9 Å². The Labute approximate surface area is 154 Å². The van der Waals surface area contributed by atoms with Gasteiger partial charge in [-0.25, -0.2) is 9.18 Å². The maximum Gasteiger partial charge on any atom is 0.337 e. The first-order valence-electron chi connectivity index (χ1n) is 8.19. The highest BCUT2D eigenvalue weighted by Crippen LogP contribution is 2.34. The number of nitrogens with zero attached hydrogens (tertiary/aromatic N) is 1. The summed E-state index contributed by atoms with van der Waals surface area (Å²) < 4.78 is 20.4. The Morgan fingerprint density at radius 3 is 2.81 bits per heavy atom. The third-order valence-electron chi connectivity index (χ3n) is 4.10. The molecule has 7 nitrogen and oxygen atoms in total. The molecule has 1 amide bonds. The molecule has 2 aromatic rings. The molecule has 140 valence electrons. The van der Waals surface area contributed by atoms with E-state index in [1.165, 1.54) is 31.5 Å². The monoisotopic (exact) mass is 371 g/mol. The first-order valence-corrected chi connectivity index (χ1v) is 8.19. The van der Waals surface area contributed by atoms with Crippen LogP contribution in [0, 0.1) is 0 Å². The molecule has 0 fully saturated rings. The first kappa shape index (κ1) is 18.4. The number of ether oxygens (including phenoxy) is 1. The highest BCUT2D eigenvalue weighted by Gasteiger charge is 2.34. The molecule has 0 radical (unpaired) electrons. The molecule has 8 heteroatoms. The number of amides is 1. The quantitative estimate of drug-likeness (QED) is 0.749. The van der Waals surface area contributed by atoms with Gasteiger partial charge in [0, 0.05) is 37.5 Å². The molecule has 0 saturated heterocycles. The second kappa shape index (κ2) is 7.06. The molecule has 1 aliphatic carbocycles. The average Bonchev–Trinajstić information content (AvgIpc) is 3.09. The van der Waals surface area contributed by atoms with Gasteiger partial charge in [-0.3, -0.25) is 9.78 Å². The fourth-order valence-electron chi connectivity index (χ4n) is 2.68. The van der Waals surface area contributed by atoms with Gasteiger partial charge in [0.1, 0.15) is 11.6 Å². The first-order chi connectivity index (χ1) is 12.8. The van der Waals surface area contributed by atoms with Crippen molar-refractivity contribution in [1.82, 2.24) is 15.3 Å². The fraction of sp³-hybridized carbons (Fsp3) is 0.211. The van der Waals surface area contributed by atoms with E-state index in [1.807, 2.05) is 0 Å². The minimum absolute atomic E-state index is 0.113. The lowest BCUT2D eigenvalue weighted by Gasteiger charge is -2.31. The molecule has 2 aromatic heterocycles. The van der Waals surface area contributed by atoms with Crippen LogP contribution in [0.15, 0.2) is 54.3 Å². The van der Waals surface area contributed by atoms with Gasteiger partial charge in [-0.1, -0.05) is 6.08 Å². The van der Waals surface area contributed by atoms with Gasteiger partial charge in [0.15, 0.2) is 5.60 Å². The number of carbonyl (C=O) groups is 2. The van der Waals surface area contributed by atoms with E-state index in [0.29, 0.717) is 22.8 Å². The van der Waals surface area contributed by atoms with Crippen LogP contribution < -0.4 is 10.1 Å². The highest BCUT2D eigenvalue weighted by atomic mass is 19.1. The number of carbonyl (C=O) groups excluding carboxylic acids is 1. The number of carboxylic acids is 1. The number of rotatable bonds is 5. The average molecular weight is 371 g/mol. The van der Waals surface area contributed by atoms with E-state index in [4.69, 9.17) is 9.84 Å². The van der Waals surface area contributed by atoms with Crippen molar-refractivity contribution in [2.75, 3.05) is 0 Å². The molecule has 3 N–H and O–H groups in total. The van der Waals surface area contributed by atoms with Crippen LogP contribution in [0.4, 0.5) is 4.39 Å². The van der Waals surface area contributed by atoms with Gasteiger partial charge in [-0.2, -0.15) is 0 Å². The van der Waals surface area contributed by atoms with E-state index in [0.717, 1.165) is 0 Å². The highest BCUT2D eigenvalue weighted by molar-refractivity contribution is 5.89. The Kier molecular flexibility index (Phi) is 4.81. The van der Waals surface area contributed by atoms with Gasteiger partial charge in [0.2, 0.25) is 5.91 Å². The third kappa shape index (κ3) is 4.05. The van der Waals surface area contributed by atoms with Crippen LogP contribution >= 0.6 is 0 Å². The van der Waals surface area contributed by atoms with E-state index in [2.05, 4.69) is 15.3 Å². The molecule has 1 aliphatic rings. The van der Waals surface area contributed by atoms with Gasteiger partial charge in [0.05, 0.1) is 17.0 Å². The van der Waals surface area contributed by atoms with Gasteiger partial charge in [-0.05, 0) is 25.1 Å². The molecule has 0 aliphatic heterocycles. The van der Waals surface area contributed by atoms with Crippen LogP contribution in [0.2, 0.25) is 0 Å². The second-order valence-electron chi connectivity index (χ2n) is 6.35. The zero-order valence-corrected chi connectivity index (χ0v) is 14.7. The Balaban J connectivity index is 1.80. The molecule has 1 atom stereocenters. The summed E-state index contributed by atoms with van der Waals surface area (Å²) in [7, 11) is 0. The van der Waals surface area contributed by atoms with Crippen LogP contribution in [0.5, 0.6) is 5.75 Å². The predicted molar refractivity (Wildman–Crippen MR) is 95.7 cm³/mol. The molecule has 0 aromatic carbocycles. The maximum absolute atomic E-state index is 14.6. The number of halogens is 1. The molecule has 0 spiro atoms. The van der Waals surface area contributed by atoms with E-state index in [-0.39, 0.29) is 17.9 Å². The van der Waals surface area contributed by atoms with Crippen molar-refractivity contribution < 1.29 is 23.8 Å². The zero-order chi connectivity index (χ0) is 19.6. The summed E-state index contributed by atoms with van der Waals surface area (Å²) in [6.45, 7) is 2.96. The van der Waals surface area contributed by atoms with Gasteiger partial charge in [0.25, 0.3) is 0 Å². The van der Waals surface area contributed by atoms with Crippen molar-refractivity contribution in [1.29, 1.82) is 0 Å². The summed E-state index contributed by atoms with van der Waals surface area (Å²) in [5, 5.41) is 11.6. The van der Waals surface area contributed by atoms with E-state index in [9.17, 15) is 14.0 Å². The minimum Gasteiger partial charge on any atom is -0.480 e. The Bertz CT molecular complexity index is 963. The van der Waals surface area contributed by atoms with Crippen LogP contribution in [-0.4, -0.2) is 32.6 Å². The summed E-state index contributed by atoms with van der Waals surface area (Å²) >= 11 is 0. The summed E-state index contributed by atoms with van der Waals surface area (Å²) in [5.41, 5.74) is 0.266. The topological polar surface area (TPSA) is 104 Å². The molecular formula is C19H18FN3O4. The van der Waals surface area contributed by atoms with Gasteiger partial charge < -0.3 is 20.1 Å². The predicted octanol–water partition coefficient (Wildman–Crippen LogP) is 3.19. The number of allylic oxidation sites excluding steroid dienone is 1. The molecule has 3 rings (SSSR count). The molecule has 0 bridgehead atoms. The normalized spacial score (nSPS) is 19.1. The van der Waals surface area contributed by atoms with Crippen LogP contribution in [0.1, 0.15) is 30.6 Å². The number of carboxylic acid groups (broad SMARTS) is 1. The summed E-state index contributed by atoms with van der Waals surface area (Å²) in [6.07, 6.45) is 6.02. The minimum atomic E-state index is -1.22. The number of nitrogens with one attached hydrogen (secondary N) is 2. The number of aromatic carboxylic acids is 1. The van der Waals surface area contributed by atoms with Gasteiger partial charge in [-0.15, -0.1) is 0 Å². The number of pyridine rings is 1. The van der Waals surface area contributed by atoms with Crippen LogP contribution in [0.3, 0.4) is 0 Å². The number of H-pyrrole nitrogens is 1. The van der Waals surface area contributed by atoms with Gasteiger partial charge >= 0.3 is 5.97 Å². The Hall–Kier alpha value is -3.42. The van der Waals surface area contributed by atoms with Crippen molar-refractivity contribution in [3.63, 3.8) is 0 Å². The van der Waals surface area contributed by atoms with Crippen molar-refractivity contribution >= 4 is 11.9 Å². The SMILES string of the molecule is CC(=O)NC1=CCC(C)(Oc2ccnc(-c3cc(C(=O)O)c[nH]3)c2)C(F)=C1. The van der Waals surface area contributed by atoms with E-state index in [1.54, 1.807) is 25.1 Å². The lowest BCUT2D eigenvalue weighted by Crippen LogP contribution is -2.36. The van der Waals surface area contributed by atoms with Crippen molar-refractivity contribution in [3.05, 3.63) is 59.8 Å². The summed E-state index contributed by atoms with van der Waals surface area (Å²) in [5.74, 6) is -1.46. The lowest BCUT2D eigenvalue weighted by atomic mass is 9.94. The number of hydrogen-bond acceptors (Lipinski definition) is 4. The summed E-state index contributed by atoms with van der Waals surface area (Å²) in [4.78, 5) is 29.1.